The van der Waals surface area contributed by atoms with Gasteiger partial charge in [0.1, 0.15) is 6.54 Å². The Morgan fingerprint density at radius 1 is 1.56 bits per heavy atom. The summed E-state index contributed by atoms with van der Waals surface area (Å²) in [6.07, 6.45) is -2.78. The molecule has 100 valence electrons. The molecular weight excluding hydrogens is 253 g/mol. The number of alkyl halides is 3. The average Bonchev–Trinajstić information content (AvgIpc) is 2.92. The Morgan fingerprint density at radius 2 is 2.22 bits per heavy atom. The molecule has 0 spiro atoms. The number of halogens is 3. The van der Waals surface area contributed by atoms with Crippen molar-refractivity contribution in [2.75, 3.05) is 7.05 Å². The molecule has 2 amide bonds. The van der Waals surface area contributed by atoms with Crippen molar-refractivity contribution in [1.82, 2.24) is 20.4 Å². The number of carbonyl (C=O) groups is 1. The van der Waals surface area contributed by atoms with Crippen LogP contribution in [0.3, 0.4) is 0 Å². The number of urea groups is 1. The fraction of sp³-hybridized carbons (Fsp3) is 0.667. The van der Waals surface area contributed by atoms with Gasteiger partial charge < -0.3 is 14.7 Å². The van der Waals surface area contributed by atoms with Crippen LogP contribution in [-0.4, -0.2) is 34.2 Å². The standard InChI is InChI=1S/C9H11F3N4O2/c1-16(8(17)13-5-2-3-5)4-6-14-7(15-18-6)9(10,11)12/h5H,2-4H2,1H3,(H,13,17). The molecule has 9 heteroatoms. The van der Waals surface area contributed by atoms with Gasteiger partial charge in [-0.05, 0) is 12.8 Å². The van der Waals surface area contributed by atoms with E-state index in [1.54, 1.807) is 0 Å². The molecule has 0 aliphatic heterocycles. The van der Waals surface area contributed by atoms with Crippen molar-refractivity contribution in [2.45, 2.75) is 31.6 Å². The maximum atomic E-state index is 12.2. The number of aromatic nitrogens is 2. The van der Waals surface area contributed by atoms with E-state index in [1.165, 1.54) is 11.9 Å². The zero-order valence-electron chi connectivity index (χ0n) is 9.49. The predicted molar refractivity (Wildman–Crippen MR) is 52.3 cm³/mol. The largest absolute Gasteiger partial charge is 0.455 e. The first-order valence-corrected chi connectivity index (χ1v) is 5.27. The van der Waals surface area contributed by atoms with Crippen LogP contribution in [0.2, 0.25) is 0 Å². The van der Waals surface area contributed by atoms with Crippen LogP contribution >= 0.6 is 0 Å². The number of nitrogens with zero attached hydrogens (tertiary/aromatic N) is 3. The average molecular weight is 264 g/mol. The Balaban J connectivity index is 1.91. The molecule has 1 aliphatic rings. The van der Waals surface area contributed by atoms with Crippen molar-refractivity contribution in [1.29, 1.82) is 0 Å². The molecule has 1 saturated carbocycles. The lowest BCUT2D eigenvalue weighted by atomic mass is 10.5. The number of rotatable bonds is 3. The summed E-state index contributed by atoms with van der Waals surface area (Å²) in [5.74, 6) is -1.59. The summed E-state index contributed by atoms with van der Waals surface area (Å²) >= 11 is 0. The zero-order valence-corrected chi connectivity index (χ0v) is 9.49. The van der Waals surface area contributed by atoms with Gasteiger partial charge in [-0.25, -0.2) is 4.79 Å². The Labute approximate surface area is 100 Å². The van der Waals surface area contributed by atoms with Gasteiger partial charge in [0.25, 0.3) is 5.82 Å². The number of hydrogen-bond acceptors (Lipinski definition) is 4. The van der Waals surface area contributed by atoms with E-state index in [0.717, 1.165) is 12.8 Å². The summed E-state index contributed by atoms with van der Waals surface area (Å²) in [5.41, 5.74) is 0. The van der Waals surface area contributed by atoms with Crippen LogP contribution in [0.4, 0.5) is 18.0 Å². The van der Waals surface area contributed by atoms with Crippen LogP contribution in [0.15, 0.2) is 4.52 Å². The molecule has 1 N–H and O–H groups in total. The van der Waals surface area contributed by atoms with Crippen molar-refractivity contribution < 1.29 is 22.5 Å². The van der Waals surface area contributed by atoms with E-state index in [0.29, 0.717) is 0 Å². The second-order valence-corrected chi connectivity index (χ2v) is 4.09. The molecule has 6 nitrogen and oxygen atoms in total. The molecule has 2 rings (SSSR count). The van der Waals surface area contributed by atoms with Gasteiger partial charge in [0.05, 0.1) is 0 Å². The maximum Gasteiger partial charge on any atom is 0.455 e. The third kappa shape index (κ3) is 3.11. The second kappa shape index (κ2) is 4.46. The Hall–Kier alpha value is -1.80. The monoisotopic (exact) mass is 264 g/mol. The van der Waals surface area contributed by atoms with Crippen LogP contribution in [0, 0.1) is 0 Å². The minimum Gasteiger partial charge on any atom is -0.337 e. The quantitative estimate of drug-likeness (QED) is 0.895. The van der Waals surface area contributed by atoms with Gasteiger partial charge in [-0.1, -0.05) is 5.16 Å². The Bertz CT molecular complexity index is 441. The highest BCUT2D eigenvalue weighted by atomic mass is 19.4. The van der Waals surface area contributed by atoms with Crippen molar-refractivity contribution in [2.24, 2.45) is 0 Å². The van der Waals surface area contributed by atoms with E-state index in [1.807, 2.05) is 0 Å². The third-order valence-corrected chi connectivity index (χ3v) is 2.35. The lowest BCUT2D eigenvalue weighted by Gasteiger charge is -2.15. The number of nitrogens with one attached hydrogen (secondary N) is 1. The van der Waals surface area contributed by atoms with Crippen molar-refractivity contribution in [3.8, 4) is 0 Å². The van der Waals surface area contributed by atoms with Gasteiger partial charge in [0.15, 0.2) is 0 Å². The molecule has 0 unspecified atom stereocenters. The second-order valence-electron chi connectivity index (χ2n) is 4.09. The maximum absolute atomic E-state index is 12.2. The summed E-state index contributed by atoms with van der Waals surface area (Å²) in [5, 5.41) is 5.49. The first-order chi connectivity index (χ1) is 8.36. The van der Waals surface area contributed by atoms with E-state index < -0.39 is 12.0 Å². The first kappa shape index (κ1) is 12.7. The van der Waals surface area contributed by atoms with Crippen LogP contribution in [0.1, 0.15) is 24.6 Å². The lowest BCUT2D eigenvalue weighted by Crippen LogP contribution is -2.38. The third-order valence-electron chi connectivity index (χ3n) is 2.35. The van der Waals surface area contributed by atoms with Gasteiger partial charge in [-0.2, -0.15) is 18.2 Å². The predicted octanol–water partition coefficient (Wildman–Crippen LogP) is 1.39. The van der Waals surface area contributed by atoms with E-state index in [-0.39, 0.29) is 24.5 Å². The van der Waals surface area contributed by atoms with Crippen molar-refractivity contribution >= 4 is 6.03 Å². The highest BCUT2D eigenvalue weighted by Crippen LogP contribution is 2.26. The van der Waals surface area contributed by atoms with Crippen LogP contribution < -0.4 is 5.32 Å². The zero-order chi connectivity index (χ0) is 13.3. The number of hydrogen-bond donors (Lipinski definition) is 1. The van der Waals surface area contributed by atoms with Gasteiger partial charge in [0.2, 0.25) is 5.89 Å². The van der Waals surface area contributed by atoms with Crippen LogP contribution in [-0.2, 0) is 12.7 Å². The minimum atomic E-state index is -4.64. The molecule has 1 heterocycles. The minimum absolute atomic E-state index is 0.165. The van der Waals surface area contributed by atoms with E-state index >= 15 is 0 Å². The number of carbonyl (C=O) groups excluding carboxylic acids is 1. The number of amides is 2. The van der Waals surface area contributed by atoms with Gasteiger partial charge in [0, 0.05) is 13.1 Å². The fourth-order valence-corrected chi connectivity index (χ4v) is 1.22. The SMILES string of the molecule is CN(Cc1nc(C(F)(F)F)no1)C(=O)NC1CC1. The van der Waals surface area contributed by atoms with Gasteiger partial charge in [-0.15, -0.1) is 0 Å². The molecular formula is C9H11F3N4O2. The van der Waals surface area contributed by atoms with Crippen molar-refractivity contribution in [3.05, 3.63) is 11.7 Å². The molecule has 0 bridgehead atoms. The molecule has 0 saturated heterocycles. The first-order valence-electron chi connectivity index (χ1n) is 5.27. The smallest absolute Gasteiger partial charge is 0.337 e. The normalized spacial score (nSPS) is 15.6. The van der Waals surface area contributed by atoms with Crippen molar-refractivity contribution in [3.63, 3.8) is 0 Å². The Kier molecular flexibility index (Phi) is 3.14. The molecule has 1 aliphatic carbocycles. The van der Waals surface area contributed by atoms with Crippen LogP contribution in [0.25, 0.3) is 0 Å². The van der Waals surface area contributed by atoms with Gasteiger partial charge in [-0.3, -0.25) is 0 Å². The molecule has 0 atom stereocenters. The molecule has 1 aromatic rings. The van der Waals surface area contributed by atoms with Gasteiger partial charge >= 0.3 is 12.2 Å². The van der Waals surface area contributed by atoms with E-state index in [4.69, 9.17) is 0 Å². The lowest BCUT2D eigenvalue weighted by molar-refractivity contribution is -0.146. The van der Waals surface area contributed by atoms with E-state index in [2.05, 4.69) is 20.0 Å². The summed E-state index contributed by atoms with van der Waals surface area (Å²) in [4.78, 5) is 15.9. The van der Waals surface area contributed by atoms with E-state index in [9.17, 15) is 18.0 Å². The van der Waals surface area contributed by atoms with Crippen LogP contribution in [0.5, 0.6) is 0 Å². The topological polar surface area (TPSA) is 71.3 Å². The molecule has 1 fully saturated rings. The summed E-state index contributed by atoms with van der Waals surface area (Å²) in [7, 11) is 1.44. The molecule has 0 aromatic carbocycles. The summed E-state index contributed by atoms with van der Waals surface area (Å²) in [6.45, 7) is -0.165. The molecule has 1 aromatic heterocycles. The highest BCUT2D eigenvalue weighted by molar-refractivity contribution is 5.74. The summed E-state index contributed by atoms with van der Waals surface area (Å²) in [6, 6.07) is -0.197. The Morgan fingerprint density at radius 3 is 2.72 bits per heavy atom. The fourth-order valence-electron chi connectivity index (χ4n) is 1.22. The summed E-state index contributed by atoms with van der Waals surface area (Å²) < 4.78 is 41.0. The molecule has 18 heavy (non-hydrogen) atoms. The molecule has 0 radical (unpaired) electrons. The highest BCUT2D eigenvalue weighted by Gasteiger charge is 2.37.